The number of likely N-dealkylation sites (N-methyl/N-ethyl adjacent to an activating group) is 2. The van der Waals surface area contributed by atoms with Gasteiger partial charge in [0.1, 0.15) is 12.5 Å². The molecule has 0 aliphatic carbocycles. The third-order valence-corrected chi connectivity index (χ3v) is 1.06. The highest BCUT2D eigenvalue weighted by atomic mass is 16.6. The van der Waals surface area contributed by atoms with Crippen LogP contribution in [0.25, 0.3) is 0 Å². The summed E-state index contributed by atoms with van der Waals surface area (Å²) < 4.78 is 4.99. The van der Waals surface area contributed by atoms with E-state index in [0.29, 0.717) is 0 Å². The van der Waals surface area contributed by atoms with Crippen molar-refractivity contribution in [1.82, 2.24) is 10.6 Å². The Labute approximate surface area is 43.0 Å². The van der Waals surface area contributed by atoms with Crippen LogP contribution >= 0.6 is 0 Å². The fraction of sp³-hybridized carbons (Fsp3) is 1.00. The lowest BCUT2D eigenvalue weighted by molar-refractivity contribution is 0.341. The second-order valence-electron chi connectivity index (χ2n) is 1.55. The lowest BCUT2D eigenvalue weighted by Crippen LogP contribution is -2.21. The van der Waals surface area contributed by atoms with Crippen LogP contribution in [0, 0.1) is 0 Å². The Morgan fingerprint density at radius 1 is 1.14 bits per heavy atom. The van der Waals surface area contributed by atoms with Gasteiger partial charge < -0.3 is 4.74 Å². The predicted octanol–water partition coefficient (Wildman–Crippen LogP) is -0.892. The number of hydrogen-bond acceptors (Lipinski definition) is 3. The van der Waals surface area contributed by atoms with E-state index in [0.717, 1.165) is 0 Å². The van der Waals surface area contributed by atoms with Crippen LogP contribution in [0.4, 0.5) is 0 Å². The van der Waals surface area contributed by atoms with Crippen LogP contribution in [0.1, 0.15) is 0 Å². The van der Waals surface area contributed by atoms with Crippen LogP contribution in [-0.4, -0.2) is 26.6 Å². The highest BCUT2D eigenvalue weighted by Gasteiger charge is 2.35. The van der Waals surface area contributed by atoms with Crippen molar-refractivity contribution >= 4 is 0 Å². The summed E-state index contributed by atoms with van der Waals surface area (Å²) in [6.45, 7) is 0. The molecule has 0 aromatic rings. The maximum absolute atomic E-state index is 4.99. The number of hydrogen-bond donors (Lipinski definition) is 2. The Bertz CT molecular complexity index is 58.7. The lowest BCUT2D eigenvalue weighted by Gasteiger charge is -1.84. The van der Waals surface area contributed by atoms with E-state index in [-0.39, 0.29) is 12.5 Å². The second-order valence-corrected chi connectivity index (χ2v) is 1.55. The molecule has 0 spiro atoms. The molecule has 0 aromatic carbocycles. The van der Waals surface area contributed by atoms with Crippen LogP contribution < -0.4 is 10.6 Å². The molecule has 2 atom stereocenters. The first-order valence-corrected chi connectivity index (χ1v) is 2.38. The summed E-state index contributed by atoms with van der Waals surface area (Å²) in [5, 5.41) is 5.91. The fourth-order valence-corrected chi connectivity index (χ4v) is 0.551. The number of epoxide rings is 1. The molecular weight excluding hydrogens is 92.1 g/mol. The van der Waals surface area contributed by atoms with Gasteiger partial charge in [-0.05, 0) is 14.1 Å². The summed E-state index contributed by atoms with van der Waals surface area (Å²) in [5.41, 5.74) is 0. The first kappa shape index (κ1) is 5.03. The average Bonchev–Trinajstić information content (AvgIpc) is 2.43. The number of nitrogens with one attached hydrogen (secondary N) is 2. The summed E-state index contributed by atoms with van der Waals surface area (Å²) >= 11 is 0. The van der Waals surface area contributed by atoms with Crippen molar-refractivity contribution in [2.45, 2.75) is 12.5 Å². The van der Waals surface area contributed by atoms with Crippen molar-refractivity contribution in [3.8, 4) is 0 Å². The zero-order valence-corrected chi connectivity index (χ0v) is 4.56. The molecule has 0 bridgehead atoms. The first-order chi connectivity index (χ1) is 3.38. The molecule has 7 heavy (non-hydrogen) atoms. The van der Waals surface area contributed by atoms with E-state index in [1.54, 1.807) is 0 Å². The smallest absolute Gasteiger partial charge is 0.150 e. The van der Waals surface area contributed by atoms with Gasteiger partial charge in [0.15, 0.2) is 0 Å². The molecule has 3 heteroatoms. The Hall–Kier alpha value is -0.120. The molecule has 0 amide bonds. The Morgan fingerprint density at radius 3 is 1.71 bits per heavy atom. The molecule has 1 fully saturated rings. The molecule has 42 valence electrons. The summed E-state index contributed by atoms with van der Waals surface area (Å²) in [5.74, 6) is 0. The minimum Gasteiger partial charge on any atom is -0.337 e. The molecule has 0 radical (unpaired) electrons. The Morgan fingerprint density at radius 2 is 1.57 bits per heavy atom. The van der Waals surface area contributed by atoms with Gasteiger partial charge in [0.25, 0.3) is 0 Å². The summed E-state index contributed by atoms with van der Waals surface area (Å²) in [4.78, 5) is 0. The van der Waals surface area contributed by atoms with Crippen molar-refractivity contribution in [3.63, 3.8) is 0 Å². The normalized spacial score (nSPS) is 38.6. The molecule has 0 saturated carbocycles. The van der Waals surface area contributed by atoms with Crippen molar-refractivity contribution in [3.05, 3.63) is 0 Å². The van der Waals surface area contributed by atoms with Gasteiger partial charge in [0, 0.05) is 0 Å². The van der Waals surface area contributed by atoms with Crippen molar-refractivity contribution in [1.29, 1.82) is 0 Å². The minimum absolute atomic E-state index is 0.255. The van der Waals surface area contributed by atoms with Gasteiger partial charge in [-0.1, -0.05) is 0 Å². The second kappa shape index (κ2) is 1.78. The van der Waals surface area contributed by atoms with E-state index in [1.807, 2.05) is 14.1 Å². The molecule has 2 N–H and O–H groups in total. The minimum atomic E-state index is 0.255. The van der Waals surface area contributed by atoms with Gasteiger partial charge in [-0.3, -0.25) is 10.6 Å². The molecule has 1 rings (SSSR count). The summed E-state index contributed by atoms with van der Waals surface area (Å²) in [6.07, 6.45) is 0.509. The highest BCUT2D eigenvalue weighted by molar-refractivity contribution is 4.76. The maximum atomic E-state index is 4.99. The Balaban J connectivity index is 2.06. The number of ether oxygens (including phenoxy) is 1. The van der Waals surface area contributed by atoms with Crippen molar-refractivity contribution in [2.24, 2.45) is 0 Å². The molecule has 0 aromatic heterocycles. The van der Waals surface area contributed by atoms with Crippen molar-refractivity contribution < 1.29 is 4.74 Å². The SMILES string of the molecule is CNC1OC1NC. The third-order valence-electron chi connectivity index (χ3n) is 1.06. The van der Waals surface area contributed by atoms with Gasteiger partial charge >= 0.3 is 0 Å². The van der Waals surface area contributed by atoms with Gasteiger partial charge in [-0.15, -0.1) is 0 Å². The molecule has 1 aliphatic rings. The predicted molar refractivity (Wildman–Crippen MR) is 26.8 cm³/mol. The number of rotatable bonds is 2. The van der Waals surface area contributed by atoms with Gasteiger partial charge in [-0.2, -0.15) is 0 Å². The van der Waals surface area contributed by atoms with Gasteiger partial charge in [-0.25, -0.2) is 0 Å². The van der Waals surface area contributed by atoms with E-state index < -0.39 is 0 Å². The van der Waals surface area contributed by atoms with Crippen molar-refractivity contribution in [2.75, 3.05) is 14.1 Å². The van der Waals surface area contributed by atoms with E-state index in [1.165, 1.54) is 0 Å². The van der Waals surface area contributed by atoms with Crippen LogP contribution in [-0.2, 0) is 4.74 Å². The average molecular weight is 102 g/mol. The largest absolute Gasteiger partial charge is 0.337 e. The summed E-state index contributed by atoms with van der Waals surface area (Å²) in [7, 11) is 3.75. The lowest BCUT2D eigenvalue weighted by atomic mass is 10.6. The van der Waals surface area contributed by atoms with E-state index in [2.05, 4.69) is 10.6 Å². The van der Waals surface area contributed by atoms with E-state index in [9.17, 15) is 0 Å². The molecule has 1 saturated heterocycles. The monoisotopic (exact) mass is 102 g/mol. The standard InChI is InChI=1S/C4H10N2O/c1-5-3-4(6-2)7-3/h3-6H,1-2H3. The quantitative estimate of drug-likeness (QED) is 0.444. The topological polar surface area (TPSA) is 36.6 Å². The van der Waals surface area contributed by atoms with Gasteiger partial charge in [0.05, 0.1) is 0 Å². The molecular formula is C4H10N2O. The summed E-state index contributed by atoms with van der Waals surface area (Å²) in [6, 6.07) is 0. The van der Waals surface area contributed by atoms with E-state index >= 15 is 0 Å². The van der Waals surface area contributed by atoms with E-state index in [4.69, 9.17) is 4.74 Å². The van der Waals surface area contributed by atoms with Crippen LogP contribution in [0.2, 0.25) is 0 Å². The zero-order valence-electron chi connectivity index (χ0n) is 4.56. The highest BCUT2D eigenvalue weighted by Crippen LogP contribution is 2.13. The molecule has 1 aliphatic heterocycles. The molecule has 3 nitrogen and oxygen atoms in total. The maximum Gasteiger partial charge on any atom is 0.150 e. The van der Waals surface area contributed by atoms with Gasteiger partial charge in [0.2, 0.25) is 0 Å². The Kier molecular flexibility index (Phi) is 1.27. The van der Waals surface area contributed by atoms with Crippen LogP contribution in [0.5, 0.6) is 0 Å². The zero-order chi connectivity index (χ0) is 5.28. The van der Waals surface area contributed by atoms with Crippen LogP contribution in [0.15, 0.2) is 0 Å². The molecule has 1 heterocycles. The van der Waals surface area contributed by atoms with Crippen LogP contribution in [0.3, 0.4) is 0 Å². The molecule has 2 unspecified atom stereocenters. The third kappa shape index (κ3) is 0.907. The first-order valence-electron chi connectivity index (χ1n) is 2.38. The fourth-order valence-electron chi connectivity index (χ4n) is 0.551.